The minimum atomic E-state index is 0.0871. The van der Waals surface area contributed by atoms with Crippen LogP contribution in [0.2, 0.25) is 0 Å². The van der Waals surface area contributed by atoms with E-state index in [1.54, 1.807) is 6.20 Å². The van der Waals surface area contributed by atoms with Crippen LogP contribution in [0.5, 0.6) is 0 Å². The summed E-state index contributed by atoms with van der Waals surface area (Å²) in [6.45, 7) is 4.42. The molecule has 1 aromatic heterocycles. The van der Waals surface area contributed by atoms with E-state index in [4.69, 9.17) is 4.74 Å². The molecule has 3 aliphatic heterocycles. The lowest BCUT2D eigenvalue weighted by Crippen LogP contribution is -2.52. The summed E-state index contributed by atoms with van der Waals surface area (Å²) in [5.41, 5.74) is 1.22. The van der Waals surface area contributed by atoms with Crippen LogP contribution in [-0.2, 0) is 16.1 Å². The molecule has 0 saturated carbocycles. The molecule has 124 valence electrons. The molecule has 5 nitrogen and oxygen atoms in total. The van der Waals surface area contributed by atoms with Gasteiger partial charge in [0.05, 0.1) is 12.0 Å². The van der Waals surface area contributed by atoms with Gasteiger partial charge < -0.3 is 9.64 Å². The molecule has 1 amide bonds. The molecular formula is C18H25N3O2. The fourth-order valence-electron chi connectivity index (χ4n) is 4.34. The first kappa shape index (κ1) is 15.1. The fraction of sp³-hybridized carbons (Fsp3) is 0.667. The van der Waals surface area contributed by atoms with Crippen molar-refractivity contribution in [1.29, 1.82) is 0 Å². The summed E-state index contributed by atoms with van der Waals surface area (Å²) < 4.78 is 5.94. The number of rotatable bonds is 3. The highest BCUT2D eigenvalue weighted by molar-refractivity contribution is 5.79. The van der Waals surface area contributed by atoms with Crippen molar-refractivity contribution in [1.82, 2.24) is 14.8 Å². The van der Waals surface area contributed by atoms with E-state index in [1.807, 2.05) is 12.3 Å². The molecule has 0 bridgehead atoms. The fourth-order valence-corrected chi connectivity index (χ4v) is 4.34. The maximum absolute atomic E-state index is 12.8. The molecule has 3 fully saturated rings. The summed E-state index contributed by atoms with van der Waals surface area (Å²) in [6, 6.07) is 4.55. The third kappa shape index (κ3) is 3.12. The number of ether oxygens (including phenoxy) is 1. The normalized spacial score (nSPS) is 31.3. The zero-order valence-electron chi connectivity index (χ0n) is 13.6. The molecule has 0 radical (unpaired) electrons. The van der Waals surface area contributed by atoms with Crippen LogP contribution in [0.25, 0.3) is 0 Å². The van der Waals surface area contributed by atoms with Crippen LogP contribution in [0, 0.1) is 5.92 Å². The Bertz CT molecular complexity index is 544. The highest BCUT2D eigenvalue weighted by atomic mass is 16.5. The molecule has 0 spiro atoms. The van der Waals surface area contributed by atoms with Gasteiger partial charge in [0.2, 0.25) is 5.91 Å². The minimum absolute atomic E-state index is 0.0871. The monoisotopic (exact) mass is 315 g/mol. The molecular weight excluding hydrogens is 290 g/mol. The lowest BCUT2D eigenvalue weighted by molar-refractivity contribution is -0.139. The van der Waals surface area contributed by atoms with Crippen molar-refractivity contribution in [3.8, 4) is 0 Å². The summed E-state index contributed by atoms with van der Waals surface area (Å²) >= 11 is 0. The first-order valence-electron chi connectivity index (χ1n) is 8.84. The van der Waals surface area contributed by atoms with Gasteiger partial charge in [-0.1, -0.05) is 6.07 Å². The molecule has 3 saturated heterocycles. The predicted octanol–water partition coefficient (Wildman–Crippen LogP) is 1.68. The number of pyridine rings is 1. The Kier molecular flexibility index (Phi) is 4.31. The Morgan fingerprint density at radius 2 is 2.22 bits per heavy atom. The van der Waals surface area contributed by atoms with Gasteiger partial charge in [-0.3, -0.25) is 14.7 Å². The predicted molar refractivity (Wildman–Crippen MR) is 86.7 cm³/mol. The van der Waals surface area contributed by atoms with E-state index in [0.717, 1.165) is 58.5 Å². The molecule has 23 heavy (non-hydrogen) atoms. The van der Waals surface area contributed by atoms with E-state index in [0.29, 0.717) is 11.9 Å². The Labute approximate surface area is 137 Å². The number of hydrogen-bond acceptors (Lipinski definition) is 4. The summed E-state index contributed by atoms with van der Waals surface area (Å²) in [7, 11) is 0. The molecule has 5 heteroatoms. The Morgan fingerprint density at radius 3 is 3.00 bits per heavy atom. The second-order valence-corrected chi connectivity index (χ2v) is 7.02. The van der Waals surface area contributed by atoms with Gasteiger partial charge in [-0.25, -0.2) is 0 Å². The van der Waals surface area contributed by atoms with Gasteiger partial charge in [-0.05, 0) is 37.3 Å². The number of amides is 1. The second kappa shape index (κ2) is 6.57. The Morgan fingerprint density at radius 1 is 1.35 bits per heavy atom. The van der Waals surface area contributed by atoms with Crippen LogP contribution in [0.4, 0.5) is 0 Å². The van der Waals surface area contributed by atoms with E-state index < -0.39 is 0 Å². The van der Waals surface area contributed by atoms with E-state index in [9.17, 15) is 4.79 Å². The molecule has 3 atom stereocenters. The van der Waals surface area contributed by atoms with Crippen molar-refractivity contribution in [2.45, 2.75) is 44.4 Å². The average molecular weight is 315 g/mol. The first-order chi connectivity index (χ1) is 11.3. The van der Waals surface area contributed by atoms with Gasteiger partial charge in [-0.15, -0.1) is 0 Å². The number of hydrogen-bond donors (Lipinski definition) is 0. The number of likely N-dealkylation sites (tertiary alicyclic amines) is 2. The van der Waals surface area contributed by atoms with Crippen molar-refractivity contribution >= 4 is 5.91 Å². The van der Waals surface area contributed by atoms with Gasteiger partial charge in [0.25, 0.3) is 0 Å². The molecule has 0 unspecified atom stereocenters. The van der Waals surface area contributed by atoms with Gasteiger partial charge in [0, 0.05) is 51.2 Å². The van der Waals surface area contributed by atoms with Crippen LogP contribution >= 0.6 is 0 Å². The SMILES string of the molecule is O=C([C@@H]1C[C@@H]2OCC[C@@H]2N(Cc2cccnc2)C1)N1CCCC1. The quantitative estimate of drug-likeness (QED) is 0.851. The van der Waals surface area contributed by atoms with Crippen LogP contribution in [-0.4, -0.2) is 59.1 Å². The van der Waals surface area contributed by atoms with Gasteiger partial charge in [0.1, 0.15) is 0 Å². The molecule has 0 aliphatic carbocycles. The third-order valence-corrected chi connectivity index (χ3v) is 5.49. The number of piperidine rings is 1. The summed E-state index contributed by atoms with van der Waals surface area (Å²) in [5, 5.41) is 0. The highest BCUT2D eigenvalue weighted by Gasteiger charge is 2.43. The number of carbonyl (C=O) groups is 1. The number of aromatic nitrogens is 1. The van der Waals surface area contributed by atoms with E-state index in [1.165, 1.54) is 5.56 Å². The van der Waals surface area contributed by atoms with E-state index in [2.05, 4.69) is 20.9 Å². The Balaban J connectivity index is 1.49. The molecule has 3 aliphatic rings. The van der Waals surface area contributed by atoms with Crippen molar-refractivity contribution in [2.24, 2.45) is 5.92 Å². The maximum atomic E-state index is 12.8. The highest BCUT2D eigenvalue weighted by Crippen LogP contribution is 2.33. The zero-order valence-corrected chi connectivity index (χ0v) is 13.6. The molecule has 1 aromatic rings. The standard InChI is InChI=1S/C18H25N3O2/c22-18(20-7-1-2-8-20)15-10-17-16(5-9-23-17)21(13-15)12-14-4-3-6-19-11-14/h3-4,6,11,15-17H,1-2,5,7-10,12-13H2/t15-,16+,17+/m1/s1. The number of fused-ring (bicyclic) bond motifs is 1. The van der Waals surface area contributed by atoms with Crippen molar-refractivity contribution in [2.75, 3.05) is 26.2 Å². The first-order valence-corrected chi connectivity index (χ1v) is 8.84. The van der Waals surface area contributed by atoms with Gasteiger partial charge in [0.15, 0.2) is 0 Å². The Hall–Kier alpha value is -1.46. The van der Waals surface area contributed by atoms with E-state index >= 15 is 0 Å². The van der Waals surface area contributed by atoms with Crippen LogP contribution in [0.15, 0.2) is 24.5 Å². The van der Waals surface area contributed by atoms with Crippen LogP contribution in [0.3, 0.4) is 0 Å². The van der Waals surface area contributed by atoms with Crippen molar-refractivity contribution in [3.63, 3.8) is 0 Å². The minimum Gasteiger partial charge on any atom is -0.377 e. The second-order valence-electron chi connectivity index (χ2n) is 7.02. The van der Waals surface area contributed by atoms with Gasteiger partial charge in [-0.2, -0.15) is 0 Å². The smallest absolute Gasteiger partial charge is 0.227 e. The number of nitrogens with zero attached hydrogens (tertiary/aromatic N) is 3. The average Bonchev–Trinajstić information content (AvgIpc) is 3.26. The van der Waals surface area contributed by atoms with E-state index in [-0.39, 0.29) is 12.0 Å². The van der Waals surface area contributed by atoms with Crippen molar-refractivity contribution in [3.05, 3.63) is 30.1 Å². The van der Waals surface area contributed by atoms with Crippen LogP contribution < -0.4 is 0 Å². The molecule has 0 aromatic carbocycles. The molecule has 4 rings (SSSR count). The largest absolute Gasteiger partial charge is 0.377 e. The maximum Gasteiger partial charge on any atom is 0.227 e. The third-order valence-electron chi connectivity index (χ3n) is 5.49. The summed E-state index contributed by atoms with van der Waals surface area (Å²) in [5.74, 6) is 0.428. The van der Waals surface area contributed by atoms with Crippen LogP contribution in [0.1, 0.15) is 31.2 Å². The van der Waals surface area contributed by atoms with Gasteiger partial charge >= 0.3 is 0 Å². The lowest BCUT2D eigenvalue weighted by Gasteiger charge is -2.41. The lowest BCUT2D eigenvalue weighted by atomic mass is 9.88. The topological polar surface area (TPSA) is 45.7 Å². The summed E-state index contributed by atoms with van der Waals surface area (Å²) in [6.07, 6.45) is 8.23. The molecule has 0 N–H and O–H groups in total. The summed E-state index contributed by atoms with van der Waals surface area (Å²) in [4.78, 5) is 21.6. The molecule has 4 heterocycles. The number of carbonyl (C=O) groups excluding carboxylic acids is 1. The van der Waals surface area contributed by atoms with Crippen molar-refractivity contribution < 1.29 is 9.53 Å². The zero-order chi connectivity index (χ0) is 15.6.